The van der Waals surface area contributed by atoms with Gasteiger partial charge in [0.05, 0.1) is 11.3 Å². The first-order chi connectivity index (χ1) is 16.9. The van der Waals surface area contributed by atoms with Gasteiger partial charge >= 0.3 is 16.2 Å². The summed E-state index contributed by atoms with van der Waals surface area (Å²) in [5.41, 5.74) is 5.66. The SMILES string of the molecule is CN(Cc1ccc(C(C)(C)C)cc1)S(=O)(=O)N1CCCc2cc(Nc3ccc(C(=O)O)cc3)ccc21. The lowest BCUT2D eigenvalue weighted by Crippen LogP contribution is -2.44. The van der Waals surface area contributed by atoms with Crippen molar-refractivity contribution in [3.05, 3.63) is 89.0 Å². The van der Waals surface area contributed by atoms with Gasteiger partial charge in [-0.1, -0.05) is 45.0 Å². The molecule has 7 nitrogen and oxygen atoms in total. The van der Waals surface area contributed by atoms with Crippen LogP contribution in [0.3, 0.4) is 0 Å². The number of anilines is 3. The van der Waals surface area contributed by atoms with Gasteiger partial charge in [-0.2, -0.15) is 12.7 Å². The number of carboxylic acids is 1. The van der Waals surface area contributed by atoms with Crippen LogP contribution in [0, 0.1) is 0 Å². The highest BCUT2D eigenvalue weighted by Crippen LogP contribution is 2.33. The predicted octanol–water partition coefficient (Wildman–Crippen LogP) is 5.56. The second-order valence-electron chi connectivity index (χ2n) is 10.2. The zero-order valence-corrected chi connectivity index (χ0v) is 22.0. The number of nitrogens with zero attached hydrogens (tertiary/aromatic N) is 2. The zero-order valence-electron chi connectivity index (χ0n) is 21.2. The largest absolute Gasteiger partial charge is 0.478 e. The number of hydrogen-bond acceptors (Lipinski definition) is 4. The van der Waals surface area contributed by atoms with Crippen molar-refractivity contribution in [3.8, 4) is 0 Å². The fraction of sp³-hybridized carbons (Fsp3) is 0.321. The second-order valence-corrected chi connectivity index (χ2v) is 12.2. The average Bonchev–Trinajstić information content (AvgIpc) is 2.83. The van der Waals surface area contributed by atoms with E-state index in [0.717, 1.165) is 35.3 Å². The molecular weight excluding hydrogens is 474 g/mol. The minimum Gasteiger partial charge on any atom is -0.478 e. The summed E-state index contributed by atoms with van der Waals surface area (Å²) in [6.45, 7) is 7.20. The van der Waals surface area contributed by atoms with Crippen LogP contribution in [-0.4, -0.2) is 37.4 Å². The van der Waals surface area contributed by atoms with E-state index in [9.17, 15) is 13.2 Å². The Balaban J connectivity index is 1.50. The fourth-order valence-corrected chi connectivity index (χ4v) is 5.80. The van der Waals surface area contributed by atoms with Gasteiger partial charge in [0.25, 0.3) is 0 Å². The number of carbonyl (C=O) groups is 1. The Kier molecular flexibility index (Phi) is 7.11. The van der Waals surface area contributed by atoms with Crippen LogP contribution in [0.4, 0.5) is 17.1 Å². The van der Waals surface area contributed by atoms with E-state index < -0.39 is 16.2 Å². The Hall–Kier alpha value is -3.36. The lowest BCUT2D eigenvalue weighted by molar-refractivity contribution is 0.0697. The predicted molar refractivity (Wildman–Crippen MR) is 144 cm³/mol. The highest BCUT2D eigenvalue weighted by atomic mass is 32.2. The van der Waals surface area contributed by atoms with Gasteiger partial charge in [0.15, 0.2) is 0 Å². The van der Waals surface area contributed by atoms with E-state index in [1.165, 1.54) is 14.2 Å². The molecule has 0 radical (unpaired) electrons. The normalized spacial score (nSPS) is 14.0. The Morgan fingerprint density at radius 3 is 2.25 bits per heavy atom. The van der Waals surface area contributed by atoms with E-state index in [4.69, 9.17) is 5.11 Å². The maximum atomic E-state index is 13.5. The molecule has 0 aliphatic carbocycles. The number of rotatable bonds is 7. The summed E-state index contributed by atoms with van der Waals surface area (Å²) in [6.07, 6.45) is 1.52. The Morgan fingerprint density at radius 1 is 1.00 bits per heavy atom. The van der Waals surface area contributed by atoms with Gasteiger partial charge in [0.2, 0.25) is 0 Å². The molecule has 0 unspecified atom stereocenters. The number of aryl methyl sites for hydroxylation is 1. The fourth-order valence-electron chi connectivity index (χ4n) is 4.36. The number of carboxylic acid groups (broad SMARTS) is 1. The molecule has 3 aromatic rings. The topological polar surface area (TPSA) is 90.0 Å². The first-order valence-electron chi connectivity index (χ1n) is 12.0. The quantitative estimate of drug-likeness (QED) is 0.437. The summed E-state index contributed by atoms with van der Waals surface area (Å²) in [7, 11) is -2.08. The van der Waals surface area contributed by atoms with Crippen molar-refractivity contribution in [1.29, 1.82) is 0 Å². The Labute approximate surface area is 213 Å². The summed E-state index contributed by atoms with van der Waals surface area (Å²) in [6, 6.07) is 20.3. The standard InChI is InChI=1S/C28H33N3O4S/c1-28(2,3)23-11-7-20(8-12-23)19-30(4)36(34,35)31-17-5-6-22-18-25(15-16-26(22)31)29-24-13-9-21(10-14-24)27(32)33/h7-16,18,29H,5-6,17,19H2,1-4H3,(H,32,33). The Bertz CT molecular complexity index is 1350. The first-order valence-corrected chi connectivity index (χ1v) is 13.4. The highest BCUT2D eigenvalue weighted by Gasteiger charge is 2.31. The molecule has 0 amide bonds. The molecule has 0 fully saturated rings. The van der Waals surface area contributed by atoms with Crippen LogP contribution in [0.25, 0.3) is 0 Å². The first kappa shape index (κ1) is 25.7. The molecule has 2 N–H and O–H groups in total. The second kappa shape index (κ2) is 9.95. The lowest BCUT2D eigenvalue weighted by Gasteiger charge is -2.34. The minimum absolute atomic E-state index is 0.0453. The summed E-state index contributed by atoms with van der Waals surface area (Å²) in [5, 5.41) is 12.3. The Morgan fingerprint density at radius 2 is 1.64 bits per heavy atom. The molecule has 8 heteroatoms. The summed E-state index contributed by atoms with van der Waals surface area (Å²) < 4.78 is 30.0. The van der Waals surface area contributed by atoms with E-state index in [0.29, 0.717) is 18.8 Å². The van der Waals surface area contributed by atoms with E-state index in [1.54, 1.807) is 31.3 Å². The van der Waals surface area contributed by atoms with Gasteiger partial charge in [0, 0.05) is 31.5 Å². The summed E-state index contributed by atoms with van der Waals surface area (Å²) in [5.74, 6) is -0.969. The molecule has 0 bridgehead atoms. The van der Waals surface area contributed by atoms with E-state index in [2.05, 4.69) is 38.2 Å². The van der Waals surface area contributed by atoms with Crippen molar-refractivity contribution in [2.24, 2.45) is 0 Å². The van der Waals surface area contributed by atoms with Crippen LogP contribution >= 0.6 is 0 Å². The molecule has 0 atom stereocenters. The lowest BCUT2D eigenvalue weighted by atomic mass is 9.87. The van der Waals surface area contributed by atoms with E-state index in [1.807, 2.05) is 30.3 Å². The van der Waals surface area contributed by atoms with Crippen LogP contribution in [0.15, 0.2) is 66.7 Å². The molecule has 0 spiro atoms. The van der Waals surface area contributed by atoms with Crippen LogP contribution in [0.5, 0.6) is 0 Å². The van der Waals surface area contributed by atoms with Crippen LogP contribution in [0.1, 0.15) is 54.2 Å². The molecule has 3 aromatic carbocycles. The van der Waals surface area contributed by atoms with Gasteiger partial charge in [-0.05, 0) is 77.4 Å². The van der Waals surface area contributed by atoms with Gasteiger partial charge in [-0.3, -0.25) is 4.31 Å². The number of hydrogen-bond donors (Lipinski definition) is 2. The summed E-state index contributed by atoms with van der Waals surface area (Å²) in [4.78, 5) is 11.1. The van der Waals surface area contributed by atoms with E-state index >= 15 is 0 Å². The average molecular weight is 508 g/mol. The van der Waals surface area contributed by atoms with Crippen molar-refractivity contribution >= 4 is 33.2 Å². The van der Waals surface area contributed by atoms with E-state index in [-0.39, 0.29) is 11.0 Å². The van der Waals surface area contributed by atoms with Crippen LogP contribution < -0.4 is 9.62 Å². The number of aromatic carboxylic acids is 1. The molecule has 4 rings (SSSR count). The molecule has 0 saturated carbocycles. The molecule has 1 aliphatic rings. The van der Waals surface area contributed by atoms with Gasteiger partial charge in [-0.25, -0.2) is 4.79 Å². The third kappa shape index (κ3) is 5.55. The van der Waals surface area contributed by atoms with Gasteiger partial charge in [-0.15, -0.1) is 0 Å². The molecule has 0 aromatic heterocycles. The van der Waals surface area contributed by atoms with Crippen molar-refractivity contribution < 1.29 is 18.3 Å². The number of fused-ring (bicyclic) bond motifs is 1. The summed E-state index contributed by atoms with van der Waals surface area (Å²) >= 11 is 0. The monoisotopic (exact) mass is 507 g/mol. The molecule has 1 aliphatic heterocycles. The van der Waals surface area contributed by atoms with Crippen molar-refractivity contribution in [3.63, 3.8) is 0 Å². The molecule has 190 valence electrons. The van der Waals surface area contributed by atoms with Crippen LogP contribution in [0.2, 0.25) is 0 Å². The smallest absolute Gasteiger partial charge is 0.335 e. The molecule has 0 saturated heterocycles. The van der Waals surface area contributed by atoms with Crippen LogP contribution in [-0.2, 0) is 28.6 Å². The van der Waals surface area contributed by atoms with Crippen molar-refractivity contribution in [2.75, 3.05) is 23.2 Å². The number of benzene rings is 3. The van der Waals surface area contributed by atoms with Crippen molar-refractivity contribution in [2.45, 2.75) is 45.6 Å². The highest BCUT2D eigenvalue weighted by molar-refractivity contribution is 7.90. The minimum atomic E-state index is -3.71. The number of nitrogens with one attached hydrogen (secondary N) is 1. The third-order valence-corrected chi connectivity index (χ3v) is 8.33. The maximum Gasteiger partial charge on any atom is 0.335 e. The van der Waals surface area contributed by atoms with Crippen molar-refractivity contribution in [1.82, 2.24) is 4.31 Å². The molecule has 36 heavy (non-hydrogen) atoms. The zero-order chi connectivity index (χ0) is 26.1. The molecule has 1 heterocycles. The van der Waals surface area contributed by atoms with Gasteiger partial charge < -0.3 is 10.4 Å². The van der Waals surface area contributed by atoms with Gasteiger partial charge in [0.1, 0.15) is 0 Å². The third-order valence-electron chi connectivity index (χ3n) is 6.47. The molecular formula is C28H33N3O4S. The maximum absolute atomic E-state index is 13.5.